The lowest BCUT2D eigenvalue weighted by atomic mass is 10.1. The number of nitrogens with zero attached hydrogens (tertiary/aromatic N) is 2. The van der Waals surface area contributed by atoms with Crippen LogP contribution in [0.5, 0.6) is 0 Å². The van der Waals surface area contributed by atoms with Crippen LogP contribution in [0.3, 0.4) is 0 Å². The van der Waals surface area contributed by atoms with Gasteiger partial charge in [-0.25, -0.2) is 9.78 Å². The second-order valence-corrected chi connectivity index (χ2v) is 8.67. The summed E-state index contributed by atoms with van der Waals surface area (Å²) < 4.78 is 5.03. The highest BCUT2D eigenvalue weighted by molar-refractivity contribution is 7.21. The number of anilines is 2. The number of aromatic nitrogens is 1. The third-order valence-electron chi connectivity index (χ3n) is 4.59. The van der Waals surface area contributed by atoms with Crippen molar-refractivity contribution in [3.05, 3.63) is 38.7 Å². The predicted molar refractivity (Wildman–Crippen MR) is 120 cm³/mol. The Kier molecular flexibility index (Phi) is 6.70. The number of unbranched alkanes of at least 4 members (excludes halogenated alkanes) is 1. The van der Waals surface area contributed by atoms with Crippen molar-refractivity contribution in [2.75, 3.05) is 17.7 Å². The number of pyridine rings is 1. The molecule has 0 bridgehead atoms. The van der Waals surface area contributed by atoms with E-state index in [1.165, 1.54) is 11.3 Å². The van der Waals surface area contributed by atoms with E-state index in [0.717, 1.165) is 41.7 Å². The fourth-order valence-corrected chi connectivity index (χ4v) is 5.04. The summed E-state index contributed by atoms with van der Waals surface area (Å²) in [6.07, 6.45) is 3.00. The highest BCUT2D eigenvalue weighted by Gasteiger charge is 2.24. The molecule has 0 fully saturated rings. The number of nitrogens with two attached hydrogens (primary N) is 1. The largest absolute Gasteiger partial charge is 0.462 e. The van der Waals surface area contributed by atoms with E-state index in [4.69, 9.17) is 10.5 Å². The van der Waals surface area contributed by atoms with Gasteiger partial charge in [0.25, 0.3) is 5.91 Å². The third kappa shape index (κ3) is 4.15. The van der Waals surface area contributed by atoms with Crippen LogP contribution in [0.15, 0.2) is 12.1 Å². The standard InChI is InChI=1S/C21H22N4O3S2/c1-4-6-7-12-8-9-13-15(23)17(30-19(13)24-12)18(26)25-20-14(10-22)11(3)16(29-20)21(27)28-5-2/h8-9H,4-7,23H2,1-3H3,(H,25,26). The molecule has 0 unspecified atom stereocenters. The number of aryl methyl sites for hydroxylation is 1. The van der Waals surface area contributed by atoms with Gasteiger partial charge in [0, 0.05) is 11.1 Å². The van der Waals surface area contributed by atoms with Crippen molar-refractivity contribution in [2.45, 2.75) is 40.0 Å². The summed E-state index contributed by atoms with van der Waals surface area (Å²) in [6, 6.07) is 5.88. The van der Waals surface area contributed by atoms with Gasteiger partial charge in [0.05, 0.1) is 17.9 Å². The van der Waals surface area contributed by atoms with E-state index in [-0.39, 0.29) is 12.2 Å². The molecule has 0 radical (unpaired) electrons. The maximum absolute atomic E-state index is 12.9. The molecule has 1 amide bonds. The molecule has 0 aliphatic carbocycles. The molecule has 0 spiro atoms. The van der Waals surface area contributed by atoms with Gasteiger partial charge in [-0.1, -0.05) is 13.3 Å². The van der Waals surface area contributed by atoms with Gasteiger partial charge in [0.1, 0.15) is 25.7 Å². The summed E-state index contributed by atoms with van der Waals surface area (Å²) in [6.45, 7) is 5.72. The zero-order valence-electron chi connectivity index (χ0n) is 17.0. The molecule has 156 valence electrons. The zero-order chi connectivity index (χ0) is 21.8. The first-order chi connectivity index (χ1) is 14.4. The van der Waals surface area contributed by atoms with Gasteiger partial charge in [0.15, 0.2) is 0 Å². The third-order valence-corrected chi connectivity index (χ3v) is 6.89. The average Bonchev–Trinajstić information content (AvgIpc) is 3.22. The molecule has 0 aliphatic rings. The Balaban J connectivity index is 1.91. The number of nitriles is 1. The summed E-state index contributed by atoms with van der Waals surface area (Å²) in [5, 5.41) is 13.3. The molecule has 0 aromatic carbocycles. The van der Waals surface area contributed by atoms with Gasteiger partial charge in [-0.05, 0) is 44.4 Å². The Morgan fingerprint density at radius 1 is 1.27 bits per heavy atom. The number of carbonyl (C=O) groups is 2. The van der Waals surface area contributed by atoms with E-state index in [9.17, 15) is 14.9 Å². The highest BCUT2D eigenvalue weighted by atomic mass is 32.1. The predicted octanol–water partition coefficient (Wildman–Crippen LogP) is 4.89. The van der Waals surface area contributed by atoms with Crippen LogP contribution in [-0.2, 0) is 11.2 Å². The maximum atomic E-state index is 12.9. The molecule has 0 aliphatic heterocycles. The Bertz CT molecular complexity index is 1160. The number of thiophene rings is 2. The molecule has 3 aromatic heterocycles. The van der Waals surface area contributed by atoms with Gasteiger partial charge in [-0.15, -0.1) is 22.7 Å². The van der Waals surface area contributed by atoms with E-state index >= 15 is 0 Å². The number of rotatable bonds is 7. The molecule has 9 heteroatoms. The molecule has 30 heavy (non-hydrogen) atoms. The Morgan fingerprint density at radius 2 is 2.03 bits per heavy atom. The summed E-state index contributed by atoms with van der Waals surface area (Å²) in [7, 11) is 0. The van der Waals surface area contributed by atoms with Crippen molar-refractivity contribution in [1.82, 2.24) is 4.98 Å². The number of hydrogen-bond acceptors (Lipinski definition) is 8. The monoisotopic (exact) mass is 442 g/mol. The number of nitrogens with one attached hydrogen (secondary N) is 1. The Labute approximate surface area is 182 Å². The van der Waals surface area contributed by atoms with Gasteiger partial charge in [-0.2, -0.15) is 5.26 Å². The van der Waals surface area contributed by atoms with E-state index in [1.54, 1.807) is 13.8 Å². The fraction of sp³-hybridized carbons (Fsp3) is 0.333. The minimum Gasteiger partial charge on any atom is -0.462 e. The number of carbonyl (C=O) groups excluding carboxylic acids is 2. The highest BCUT2D eigenvalue weighted by Crippen LogP contribution is 2.36. The second-order valence-electron chi connectivity index (χ2n) is 6.65. The first-order valence-corrected chi connectivity index (χ1v) is 11.2. The number of amides is 1. The molecule has 3 N–H and O–H groups in total. The molecule has 0 saturated carbocycles. The first-order valence-electron chi connectivity index (χ1n) is 9.61. The molecule has 0 atom stereocenters. The Hall–Kier alpha value is -2.96. The van der Waals surface area contributed by atoms with Crippen LogP contribution in [0, 0.1) is 18.3 Å². The van der Waals surface area contributed by atoms with Crippen molar-refractivity contribution >= 4 is 55.5 Å². The zero-order valence-corrected chi connectivity index (χ0v) is 18.6. The fourth-order valence-electron chi connectivity index (χ4n) is 2.99. The number of esters is 1. The molecule has 3 rings (SSSR count). The van der Waals surface area contributed by atoms with E-state index in [1.807, 2.05) is 12.1 Å². The second kappa shape index (κ2) is 9.24. The maximum Gasteiger partial charge on any atom is 0.348 e. The van der Waals surface area contributed by atoms with Gasteiger partial charge in [-0.3, -0.25) is 4.79 Å². The smallest absolute Gasteiger partial charge is 0.348 e. The average molecular weight is 443 g/mol. The van der Waals surface area contributed by atoms with E-state index in [2.05, 4.69) is 23.3 Å². The minimum atomic E-state index is -0.512. The normalized spacial score (nSPS) is 10.7. The first kappa shape index (κ1) is 21.7. The summed E-state index contributed by atoms with van der Waals surface area (Å²) in [5.41, 5.74) is 8.28. The van der Waals surface area contributed by atoms with Crippen molar-refractivity contribution in [3.63, 3.8) is 0 Å². The summed E-state index contributed by atoms with van der Waals surface area (Å²) >= 11 is 2.24. The van der Waals surface area contributed by atoms with Gasteiger partial charge >= 0.3 is 5.97 Å². The van der Waals surface area contributed by atoms with Gasteiger partial charge in [0.2, 0.25) is 0 Å². The van der Waals surface area contributed by atoms with Crippen LogP contribution >= 0.6 is 22.7 Å². The lowest BCUT2D eigenvalue weighted by molar-refractivity contribution is 0.0531. The summed E-state index contributed by atoms with van der Waals surface area (Å²) in [4.78, 5) is 31.0. The van der Waals surface area contributed by atoms with Crippen LogP contribution in [0.25, 0.3) is 10.2 Å². The molecular formula is C21H22N4O3S2. The lowest BCUT2D eigenvalue weighted by Crippen LogP contribution is -2.11. The van der Waals surface area contributed by atoms with Crippen LogP contribution in [0.1, 0.15) is 62.9 Å². The SMILES string of the molecule is CCCCc1ccc2c(N)c(C(=O)Nc3sc(C(=O)OCC)c(C)c3C#N)sc2n1. The number of nitrogen functional groups attached to an aromatic ring is 1. The molecule has 3 heterocycles. The van der Waals surface area contributed by atoms with E-state index < -0.39 is 11.9 Å². The lowest BCUT2D eigenvalue weighted by Gasteiger charge is -2.02. The quantitative estimate of drug-likeness (QED) is 0.503. The van der Waals surface area contributed by atoms with Crippen molar-refractivity contribution < 1.29 is 14.3 Å². The van der Waals surface area contributed by atoms with Crippen molar-refractivity contribution in [3.8, 4) is 6.07 Å². The molecule has 0 saturated heterocycles. The number of hydrogen-bond donors (Lipinski definition) is 2. The van der Waals surface area contributed by atoms with Crippen LogP contribution < -0.4 is 11.1 Å². The van der Waals surface area contributed by atoms with E-state index in [0.29, 0.717) is 30.8 Å². The van der Waals surface area contributed by atoms with Crippen molar-refractivity contribution in [1.29, 1.82) is 5.26 Å². The van der Waals surface area contributed by atoms with Gasteiger partial charge < -0.3 is 15.8 Å². The molecular weight excluding hydrogens is 420 g/mol. The minimum absolute atomic E-state index is 0.227. The number of fused-ring (bicyclic) bond motifs is 1. The van der Waals surface area contributed by atoms with Crippen LogP contribution in [0.4, 0.5) is 10.7 Å². The molecule has 7 nitrogen and oxygen atoms in total. The van der Waals surface area contributed by atoms with Crippen LogP contribution in [0.2, 0.25) is 0 Å². The topological polar surface area (TPSA) is 118 Å². The number of ether oxygens (including phenoxy) is 1. The van der Waals surface area contributed by atoms with Crippen LogP contribution in [-0.4, -0.2) is 23.5 Å². The molecule has 3 aromatic rings. The van der Waals surface area contributed by atoms with Crippen molar-refractivity contribution in [2.24, 2.45) is 0 Å². The Morgan fingerprint density at radius 3 is 2.70 bits per heavy atom. The summed E-state index contributed by atoms with van der Waals surface area (Å²) in [5.74, 6) is -0.944.